The Morgan fingerprint density at radius 2 is 1.74 bits per heavy atom. The Hall–Kier alpha value is -2.31. The molecule has 1 N–H and O–H groups in total. The van der Waals surface area contributed by atoms with Crippen LogP contribution < -0.4 is 4.74 Å². The van der Waals surface area contributed by atoms with Crippen LogP contribution in [0.4, 0.5) is 0 Å². The topological polar surface area (TPSA) is 53.2 Å². The lowest BCUT2D eigenvalue weighted by Gasteiger charge is -2.12. The largest absolute Gasteiger partial charge is 0.491 e. The zero-order chi connectivity index (χ0) is 13.5. The van der Waals surface area contributed by atoms with Gasteiger partial charge in [0.2, 0.25) is 0 Å². The number of benzene rings is 2. The van der Waals surface area contributed by atoms with Gasteiger partial charge in [0.15, 0.2) is 0 Å². The van der Waals surface area contributed by atoms with Gasteiger partial charge >= 0.3 is 0 Å². The highest BCUT2D eigenvalue weighted by atomic mass is 16.5. The fourth-order valence-corrected chi connectivity index (χ4v) is 1.76. The summed E-state index contributed by atoms with van der Waals surface area (Å²) in [5.74, 6) is 0.658. The molecule has 0 bridgehead atoms. The van der Waals surface area contributed by atoms with E-state index in [1.807, 2.05) is 36.4 Å². The molecule has 1 unspecified atom stereocenters. The van der Waals surface area contributed by atoms with Crippen molar-refractivity contribution in [3.05, 3.63) is 65.7 Å². The monoisotopic (exact) mass is 253 g/mol. The van der Waals surface area contributed by atoms with Crippen LogP contribution in [0.2, 0.25) is 0 Å². The van der Waals surface area contributed by atoms with E-state index >= 15 is 0 Å². The molecular formula is C16H15NO2. The van der Waals surface area contributed by atoms with E-state index in [2.05, 4.69) is 0 Å². The van der Waals surface area contributed by atoms with E-state index in [4.69, 9.17) is 10.00 Å². The van der Waals surface area contributed by atoms with Gasteiger partial charge in [-0.25, -0.2) is 0 Å². The minimum atomic E-state index is -0.543. The van der Waals surface area contributed by atoms with E-state index in [0.717, 1.165) is 5.56 Å². The van der Waals surface area contributed by atoms with Crippen LogP contribution in [0.5, 0.6) is 5.75 Å². The van der Waals surface area contributed by atoms with Gasteiger partial charge in [0, 0.05) is 6.42 Å². The second-order valence-electron chi connectivity index (χ2n) is 4.29. The van der Waals surface area contributed by atoms with E-state index < -0.39 is 6.10 Å². The summed E-state index contributed by atoms with van der Waals surface area (Å²) in [5.41, 5.74) is 1.68. The van der Waals surface area contributed by atoms with Crippen LogP contribution in [0, 0.1) is 11.3 Å². The number of hydrogen-bond acceptors (Lipinski definition) is 3. The average molecular weight is 253 g/mol. The molecule has 2 aromatic rings. The Morgan fingerprint density at radius 3 is 2.37 bits per heavy atom. The molecule has 0 aliphatic carbocycles. The number of aliphatic hydroxyl groups is 1. The lowest BCUT2D eigenvalue weighted by atomic mass is 10.1. The normalized spacial score (nSPS) is 11.6. The highest BCUT2D eigenvalue weighted by Gasteiger charge is 2.06. The molecule has 0 amide bonds. The molecule has 0 aromatic heterocycles. The molecule has 0 aliphatic heterocycles. The number of nitriles is 1. The molecule has 0 heterocycles. The molecule has 3 heteroatoms. The summed E-state index contributed by atoms with van der Waals surface area (Å²) in [6, 6.07) is 18.7. The summed E-state index contributed by atoms with van der Waals surface area (Å²) in [5, 5.41) is 18.6. The van der Waals surface area contributed by atoms with Crippen LogP contribution >= 0.6 is 0 Å². The van der Waals surface area contributed by atoms with Gasteiger partial charge in [0.05, 0.1) is 17.7 Å². The predicted molar refractivity (Wildman–Crippen MR) is 72.8 cm³/mol. The van der Waals surface area contributed by atoms with Crippen molar-refractivity contribution in [2.75, 3.05) is 6.61 Å². The third-order valence-electron chi connectivity index (χ3n) is 2.74. The lowest BCUT2D eigenvalue weighted by Crippen LogP contribution is -2.20. The predicted octanol–water partition coefficient (Wildman–Crippen LogP) is 2.54. The molecule has 0 aliphatic rings. The Labute approximate surface area is 112 Å². The van der Waals surface area contributed by atoms with Crippen molar-refractivity contribution in [3.63, 3.8) is 0 Å². The van der Waals surface area contributed by atoms with E-state index in [1.165, 1.54) is 0 Å². The van der Waals surface area contributed by atoms with Gasteiger partial charge in [-0.1, -0.05) is 30.3 Å². The summed E-state index contributed by atoms with van der Waals surface area (Å²) < 4.78 is 5.48. The van der Waals surface area contributed by atoms with Crippen molar-refractivity contribution in [1.29, 1.82) is 5.26 Å². The first kappa shape index (κ1) is 13.1. The van der Waals surface area contributed by atoms with Gasteiger partial charge in [-0.15, -0.1) is 0 Å². The van der Waals surface area contributed by atoms with Gasteiger partial charge in [0.25, 0.3) is 0 Å². The third-order valence-corrected chi connectivity index (χ3v) is 2.74. The van der Waals surface area contributed by atoms with Crippen LogP contribution in [0.15, 0.2) is 54.6 Å². The SMILES string of the molecule is N#Cc1ccc(OCC(O)Cc2ccccc2)cc1. The molecule has 0 fully saturated rings. The van der Waals surface area contributed by atoms with Gasteiger partial charge in [-0.2, -0.15) is 5.26 Å². The zero-order valence-electron chi connectivity index (χ0n) is 10.5. The number of hydrogen-bond donors (Lipinski definition) is 1. The van der Waals surface area contributed by atoms with Crippen molar-refractivity contribution in [3.8, 4) is 11.8 Å². The molecular weight excluding hydrogens is 238 g/mol. The van der Waals surface area contributed by atoms with Crippen molar-refractivity contribution in [1.82, 2.24) is 0 Å². The molecule has 0 saturated carbocycles. The summed E-state index contributed by atoms with van der Waals surface area (Å²) in [7, 11) is 0. The highest BCUT2D eigenvalue weighted by Crippen LogP contribution is 2.12. The highest BCUT2D eigenvalue weighted by molar-refractivity contribution is 5.34. The first-order valence-corrected chi connectivity index (χ1v) is 6.13. The summed E-state index contributed by atoms with van der Waals surface area (Å²) >= 11 is 0. The number of aliphatic hydroxyl groups excluding tert-OH is 1. The molecule has 2 aromatic carbocycles. The van der Waals surface area contributed by atoms with Crippen LogP contribution in [0.3, 0.4) is 0 Å². The molecule has 96 valence electrons. The molecule has 0 radical (unpaired) electrons. The summed E-state index contributed by atoms with van der Waals surface area (Å²) in [4.78, 5) is 0. The third kappa shape index (κ3) is 4.13. The Balaban J connectivity index is 1.83. The standard InChI is InChI=1S/C16H15NO2/c17-11-14-6-8-16(9-7-14)19-12-15(18)10-13-4-2-1-3-5-13/h1-9,15,18H,10,12H2. The van der Waals surface area contributed by atoms with Gasteiger partial charge in [-0.05, 0) is 29.8 Å². The van der Waals surface area contributed by atoms with E-state index in [0.29, 0.717) is 17.7 Å². The quantitative estimate of drug-likeness (QED) is 0.890. The van der Waals surface area contributed by atoms with Crippen molar-refractivity contribution in [2.24, 2.45) is 0 Å². The Bertz CT molecular complexity index is 543. The van der Waals surface area contributed by atoms with Gasteiger partial charge in [0.1, 0.15) is 12.4 Å². The van der Waals surface area contributed by atoms with Gasteiger partial charge < -0.3 is 9.84 Å². The minimum Gasteiger partial charge on any atom is -0.491 e. The van der Waals surface area contributed by atoms with E-state index in [9.17, 15) is 5.11 Å². The first-order chi connectivity index (χ1) is 9.28. The van der Waals surface area contributed by atoms with Crippen LogP contribution in [0.1, 0.15) is 11.1 Å². The van der Waals surface area contributed by atoms with Crippen molar-refractivity contribution in [2.45, 2.75) is 12.5 Å². The molecule has 3 nitrogen and oxygen atoms in total. The van der Waals surface area contributed by atoms with Crippen LogP contribution in [0.25, 0.3) is 0 Å². The second-order valence-corrected chi connectivity index (χ2v) is 4.29. The maximum Gasteiger partial charge on any atom is 0.119 e. The van der Waals surface area contributed by atoms with Crippen molar-refractivity contribution < 1.29 is 9.84 Å². The van der Waals surface area contributed by atoms with Crippen LogP contribution in [-0.2, 0) is 6.42 Å². The molecule has 19 heavy (non-hydrogen) atoms. The van der Waals surface area contributed by atoms with Crippen molar-refractivity contribution >= 4 is 0 Å². The Morgan fingerprint density at radius 1 is 1.05 bits per heavy atom. The average Bonchev–Trinajstić information content (AvgIpc) is 2.47. The fourth-order valence-electron chi connectivity index (χ4n) is 1.76. The van der Waals surface area contributed by atoms with Gasteiger partial charge in [-0.3, -0.25) is 0 Å². The smallest absolute Gasteiger partial charge is 0.119 e. The maximum atomic E-state index is 9.89. The lowest BCUT2D eigenvalue weighted by molar-refractivity contribution is 0.108. The second kappa shape index (κ2) is 6.58. The maximum absolute atomic E-state index is 9.89. The summed E-state index contributed by atoms with van der Waals surface area (Å²) in [6.45, 7) is 0.237. The molecule has 1 atom stereocenters. The number of ether oxygens (including phenoxy) is 1. The van der Waals surface area contributed by atoms with E-state index in [1.54, 1.807) is 24.3 Å². The van der Waals surface area contributed by atoms with E-state index in [-0.39, 0.29) is 6.61 Å². The fraction of sp³-hybridized carbons (Fsp3) is 0.188. The molecule has 2 rings (SSSR count). The number of rotatable bonds is 5. The Kier molecular flexibility index (Phi) is 4.54. The summed E-state index contributed by atoms with van der Waals surface area (Å²) in [6.07, 6.45) is 0.0231. The number of nitrogens with zero attached hydrogens (tertiary/aromatic N) is 1. The molecule has 0 saturated heterocycles. The minimum absolute atomic E-state index is 0.237. The zero-order valence-corrected chi connectivity index (χ0v) is 10.5. The molecule has 0 spiro atoms. The first-order valence-electron chi connectivity index (χ1n) is 6.13. The van der Waals surface area contributed by atoms with Crippen LogP contribution in [-0.4, -0.2) is 17.8 Å².